The highest BCUT2D eigenvalue weighted by Gasteiger charge is 2.69. The number of amides is 1. The molecule has 2 saturated heterocycles. The minimum absolute atomic E-state index is 0.0431. The van der Waals surface area contributed by atoms with Crippen molar-refractivity contribution in [3.05, 3.63) is 89.5 Å². The second kappa shape index (κ2) is 7.35. The van der Waals surface area contributed by atoms with Crippen LogP contribution in [-0.2, 0) is 10.3 Å². The van der Waals surface area contributed by atoms with Crippen LogP contribution in [0.4, 0.5) is 5.69 Å². The molecule has 7 heteroatoms. The second-order valence-corrected chi connectivity index (χ2v) is 10.1. The van der Waals surface area contributed by atoms with Gasteiger partial charge in [0.25, 0.3) is 0 Å². The van der Waals surface area contributed by atoms with Crippen LogP contribution in [0.15, 0.2) is 72.8 Å². The maximum atomic E-state index is 14.5. The Morgan fingerprint density at radius 2 is 1.79 bits per heavy atom. The van der Waals surface area contributed by atoms with E-state index in [0.29, 0.717) is 22.9 Å². The van der Waals surface area contributed by atoms with E-state index in [1.807, 2.05) is 54.2 Å². The third-order valence-corrected chi connectivity index (χ3v) is 8.69. The molecule has 7 rings (SSSR count). The van der Waals surface area contributed by atoms with Gasteiger partial charge in [0.05, 0.1) is 5.92 Å². The van der Waals surface area contributed by atoms with Crippen molar-refractivity contribution in [3.8, 4) is 11.5 Å². The lowest BCUT2D eigenvalue weighted by atomic mass is 9.69. The number of nitrogens with one attached hydrogen (secondary N) is 1. The number of carbonyl (C=O) groups excluding carboxylic acids is 2. The number of carbonyl (C=O) groups is 2. The summed E-state index contributed by atoms with van der Waals surface area (Å²) in [5.74, 6) is 1.94. The molecule has 0 radical (unpaired) electrons. The lowest BCUT2D eigenvalue weighted by molar-refractivity contribution is -0.127. The topological polar surface area (TPSA) is 67.9 Å². The maximum Gasteiger partial charge on any atom is 0.250 e. The maximum absolute atomic E-state index is 14.5. The molecule has 4 atom stereocenters. The molecule has 0 unspecified atom stereocenters. The molecular weight excluding hydrogens is 448 g/mol. The molecule has 4 aliphatic rings. The minimum Gasteiger partial charge on any atom is -0.454 e. The van der Waals surface area contributed by atoms with E-state index in [1.165, 1.54) is 0 Å². The molecule has 1 spiro atoms. The van der Waals surface area contributed by atoms with E-state index in [2.05, 4.69) is 22.3 Å². The van der Waals surface area contributed by atoms with Crippen LogP contribution in [0.3, 0.4) is 0 Å². The minimum atomic E-state index is -1.06. The monoisotopic (exact) mass is 470 g/mol. The quantitative estimate of drug-likeness (QED) is 0.578. The van der Waals surface area contributed by atoms with Crippen molar-refractivity contribution in [1.29, 1.82) is 0 Å². The van der Waals surface area contributed by atoms with Gasteiger partial charge >= 0.3 is 0 Å². The van der Waals surface area contributed by atoms with Gasteiger partial charge in [0, 0.05) is 40.4 Å². The average molecular weight is 471 g/mol. The third kappa shape index (κ3) is 2.56. The summed E-state index contributed by atoms with van der Waals surface area (Å²) in [4.78, 5) is 30.7. The standard InChI is InChI=1S/C27H22N2O4S/c30-25(17-10-11-21-22(12-17)33-15-32-21)24-23(16-6-2-1-3-7-16)20-13-34-14-29(20)27(24)18-8-4-5-9-19(18)28-26(27)31/h1-12,20,23-24H,13-15H2,(H,28,31)/t20-,23+,24-,27-/m1/s1. The number of fused-ring (bicyclic) bond motifs is 5. The van der Waals surface area contributed by atoms with E-state index in [-0.39, 0.29) is 30.4 Å². The number of nitrogens with zero attached hydrogens (tertiary/aromatic N) is 1. The predicted octanol–water partition coefficient (Wildman–Crippen LogP) is 4.23. The van der Waals surface area contributed by atoms with Crippen molar-refractivity contribution in [2.24, 2.45) is 5.92 Å². The number of ketones is 1. The molecule has 3 aromatic rings. The first-order chi connectivity index (χ1) is 16.7. The number of Topliss-reactive ketones (excluding diaryl/α,β-unsaturated/α-hetero) is 1. The summed E-state index contributed by atoms with van der Waals surface area (Å²) in [6.45, 7) is 0.149. The van der Waals surface area contributed by atoms with Crippen LogP contribution in [-0.4, -0.2) is 41.1 Å². The van der Waals surface area contributed by atoms with Gasteiger partial charge in [0.1, 0.15) is 5.54 Å². The number of thioether (sulfide) groups is 1. The molecule has 1 N–H and O–H groups in total. The Hall–Kier alpha value is -3.29. The first kappa shape index (κ1) is 20.1. The van der Waals surface area contributed by atoms with E-state index in [1.54, 1.807) is 18.2 Å². The Labute approximate surface area is 201 Å². The first-order valence-electron chi connectivity index (χ1n) is 11.4. The van der Waals surface area contributed by atoms with E-state index in [0.717, 1.165) is 22.6 Å². The summed E-state index contributed by atoms with van der Waals surface area (Å²) < 4.78 is 11.0. The number of anilines is 1. The first-order valence-corrected chi connectivity index (χ1v) is 12.6. The molecule has 34 heavy (non-hydrogen) atoms. The fourth-order valence-corrected chi connectivity index (χ4v) is 7.64. The largest absolute Gasteiger partial charge is 0.454 e. The van der Waals surface area contributed by atoms with Crippen molar-refractivity contribution in [1.82, 2.24) is 4.90 Å². The van der Waals surface area contributed by atoms with Crippen LogP contribution in [0.2, 0.25) is 0 Å². The fourth-order valence-electron chi connectivity index (χ4n) is 6.31. The lowest BCUT2D eigenvalue weighted by Crippen LogP contribution is -2.52. The van der Waals surface area contributed by atoms with Gasteiger partial charge in [0.15, 0.2) is 17.3 Å². The van der Waals surface area contributed by atoms with E-state index < -0.39 is 11.5 Å². The fraction of sp³-hybridized carbons (Fsp3) is 0.259. The van der Waals surface area contributed by atoms with Crippen LogP contribution in [0.25, 0.3) is 0 Å². The SMILES string of the molecule is O=C(c1ccc2c(c1)OCO2)[C@H]1[C@@H](c2ccccc2)[C@H]2CSCN2[C@@]12C(=O)Nc1ccccc12. The van der Waals surface area contributed by atoms with Gasteiger partial charge in [-0.05, 0) is 29.8 Å². The van der Waals surface area contributed by atoms with Crippen LogP contribution >= 0.6 is 11.8 Å². The number of para-hydroxylation sites is 1. The zero-order chi connectivity index (χ0) is 22.9. The zero-order valence-corrected chi connectivity index (χ0v) is 19.1. The summed E-state index contributed by atoms with van der Waals surface area (Å²) >= 11 is 1.83. The van der Waals surface area contributed by atoms with Gasteiger partial charge in [-0.15, -0.1) is 11.8 Å². The molecule has 1 amide bonds. The van der Waals surface area contributed by atoms with Gasteiger partial charge in [-0.2, -0.15) is 0 Å². The highest BCUT2D eigenvalue weighted by atomic mass is 32.2. The van der Waals surface area contributed by atoms with Crippen LogP contribution < -0.4 is 14.8 Å². The Morgan fingerprint density at radius 1 is 1.00 bits per heavy atom. The summed E-state index contributed by atoms with van der Waals surface area (Å²) in [5, 5.41) is 3.11. The molecular formula is C27H22N2O4S. The molecule has 6 nitrogen and oxygen atoms in total. The highest BCUT2D eigenvalue weighted by Crippen LogP contribution is 2.61. The molecule has 0 aliphatic carbocycles. The van der Waals surface area contributed by atoms with Crippen molar-refractivity contribution >= 4 is 29.1 Å². The van der Waals surface area contributed by atoms with Gasteiger partial charge in [-0.1, -0.05) is 48.5 Å². The molecule has 4 aliphatic heterocycles. The molecule has 3 aromatic carbocycles. The van der Waals surface area contributed by atoms with Crippen molar-refractivity contribution in [3.63, 3.8) is 0 Å². The summed E-state index contributed by atoms with van der Waals surface area (Å²) in [6.07, 6.45) is 0. The van der Waals surface area contributed by atoms with E-state index >= 15 is 0 Å². The molecule has 0 bridgehead atoms. The Morgan fingerprint density at radius 3 is 2.68 bits per heavy atom. The number of benzene rings is 3. The average Bonchev–Trinajstić information content (AvgIpc) is 3.63. The lowest BCUT2D eigenvalue weighted by Gasteiger charge is -2.36. The molecule has 0 saturated carbocycles. The normalized spacial score (nSPS) is 28.7. The van der Waals surface area contributed by atoms with Crippen LogP contribution in [0, 0.1) is 5.92 Å². The van der Waals surface area contributed by atoms with Crippen LogP contribution in [0.1, 0.15) is 27.4 Å². The molecule has 0 aromatic heterocycles. The summed E-state index contributed by atoms with van der Waals surface area (Å²) in [6, 6.07) is 23.4. The van der Waals surface area contributed by atoms with Gasteiger partial charge < -0.3 is 14.8 Å². The predicted molar refractivity (Wildman–Crippen MR) is 129 cm³/mol. The Bertz CT molecular complexity index is 1330. The van der Waals surface area contributed by atoms with Gasteiger partial charge in [0.2, 0.25) is 12.7 Å². The van der Waals surface area contributed by atoms with Crippen LogP contribution in [0.5, 0.6) is 11.5 Å². The smallest absolute Gasteiger partial charge is 0.250 e. The van der Waals surface area contributed by atoms with Gasteiger partial charge in [-0.25, -0.2) is 0 Å². The van der Waals surface area contributed by atoms with Gasteiger partial charge in [-0.3, -0.25) is 14.5 Å². The van der Waals surface area contributed by atoms with Crippen molar-refractivity contribution in [2.75, 3.05) is 23.7 Å². The second-order valence-electron chi connectivity index (χ2n) is 9.15. The molecule has 2 fully saturated rings. The Kier molecular flexibility index (Phi) is 4.35. The Balaban J connectivity index is 1.46. The summed E-state index contributed by atoms with van der Waals surface area (Å²) in [7, 11) is 0. The van der Waals surface area contributed by atoms with Crippen molar-refractivity contribution in [2.45, 2.75) is 17.5 Å². The van der Waals surface area contributed by atoms with E-state index in [9.17, 15) is 9.59 Å². The zero-order valence-electron chi connectivity index (χ0n) is 18.3. The molecule has 4 heterocycles. The highest BCUT2D eigenvalue weighted by molar-refractivity contribution is 7.99. The van der Waals surface area contributed by atoms with E-state index in [4.69, 9.17) is 9.47 Å². The van der Waals surface area contributed by atoms with Crippen molar-refractivity contribution < 1.29 is 19.1 Å². The number of rotatable bonds is 3. The number of ether oxygens (including phenoxy) is 2. The summed E-state index contributed by atoms with van der Waals surface area (Å²) in [5.41, 5.74) is 2.26. The third-order valence-electron chi connectivity index (χ3n) is 7.65. The number of hydrogen-bond acceptors (Lipinski definition) is 6. The molecule has 170 valence electrons. The number of hydrogen-bond donors (Lipinski definition) is 1.